The van der Waals surface area contributed by atoms with E-state index >= 15 is 0 Å². The highest BCUT2D eigenvalue weighted by Gasteiger charge is 2.08. The van der Waals surface area contributed by atoms with Crippen molar-refractivity contribution in [3.05, 3.63) is 0 Å². The smallest absolute Gasteiger partial charge is 0.304 e. The van der Waals surface area contributed by atoms with Crippen LogP contribution in [-0.4, -0.2) is 26.6 Å². The van der Waals surface area contributed by atoms with Gasteiger partial charge in [0.25, 0.3) is 0 Å². The lowest BCUT2D eigenvalue weighted by atomic mass is 10.5. The van der Waals surface area contributed by atoms with Crippen molar-refractivity contribution in [2.45, 2.75) is 6.42 Å². The molecule has 0 aromatic rings. The first-order valence-corrected chi connectivity index (χ1v) is 6.63. The maximum absolute atomic E-state index is 9.89. The molecule has 0 radical (unpaired) electrons. The van der Waals surface area contributed by atoms with Gasteiger partial charge in [0.2, 0.25) is 5.69 Å². The van der Waals surface area contributed by atoms with E-state index in [-0.39, 0.29) is 12.2 Å². The Morgan fingerprint density at radius 2 is 2.10 bits per heavy atom. The Kier molecular flexibility index (Phi) is 4.47. The minimum atomic E-state index is -3.24. The quantitative estimate of drug-likeness (QED) is 0.573. The van der Waals surface area contributed by atoms with Gasteiger partial charge >= 0.3 is 5.97 Å². The average Bonchev–Trinajstić information content (AvgIpc) is 1.59. The lowest BCUT2D eigenvalue weighted by Gasteiger charge is -2.03. The van der Waals surface area contributed by atoms with Crippen LogP contribution < -0.4 is 0 Å². The molecule has 0 heterocycles. The van der Waals surface area contributed by atoms with Crippen molar-refractivity contribution in [3.8, 4) is 0 Å². The van der Waals surface area contributed by atoms with Gasteiger partial charge in [-0.15, -0.1) is 0 Å². The molecule has 0 bridgehead atoms. The van der Waals surface area contributed by atoms with Gasteiger partial charge in [-0.05, 0) is 11.8 Å². The molecular formula is C3H7O4PS2. The van der Waals surface area contributed by atoms with Gasteiger partial charge in [-0.25, -0.2) is 0 Å². The maximum atomic E-state index is 9.89. The third-order valence-corrected chi connectivity index (χ3v) is 3.80. The van der Waals surface area contributed by atoms with E-state index in [0.717, 1.165) is 11.4 Å². The zero-order chi connectivity index (χ0) is 8.20. The fourth-order valence-electron chi connectivity index (χ4n) is 0.252. The van der Waals surface area contributed by atoms with Crippen molar-refractivity contribution in [1.82, 2.24) is 0 Å². The SMILES string of the molecule is O=C(O)CCSP(O)(O)=S. The zero-order valence-electron chi connectivity index (χ0n) is 4.93. The predicted molar refractivity (Wildman–Crippen MR) is 43.4 cm³/mol. The van der Waals surface area contributed by atoms with Crippen LogP contribution in [0, 0.1) is 0 Å². The molecule has 0 aromatic carbocycles. The molecule has 0 aliphatic heterocycles. The first-order chi connectivity index (χ1) is 4.42. The number of carboxylic acids is 1. The number of hydrogen-bond acceptors (Lipinski definition) is 3. The molecule has 0 atom stereocenters. The van der Waals surface area contributed by atoms with Gasteiger partial charge < -0.3 is 14.9 Å². The molecule has 4 nitrogen and oxygen atoms in total. The Morgan fingerprint density at radius 3 is 2.40 bits per heavy atom. The van der Waals surface area contributed by atoms with E-state index in [4.69, 9.17) is 14.9 Å². The molecule has 0 saturated carbocycles. The fourth-order valence-corrected chi connectivity index (χ4v) is 2.41. The van der Waals surface area contributed by atoms with Gasteiger partial charge in [0.1, 0.15) is 0 Å². The number of rotatable bonds is 4. The molecule has 0 amide bonds. The van der Waals surface area contributed by atoms with E-state index in [0.29, 0.717) is 0 Å². The third-order valence-electron chi connectivity index (χ3n) is 0.575. The molecule has 0 aromatic heterocycles. The summed E-state index contributed by atoms with van der Waals surface area (Å²) in [4.78, 5) is 27.1. The number of hydrogen-bond donors (Lipinski definition) is 3. The molecule has 0 spiro atoms. The summed E-state index contributed by atoms with van der Waals surface area (Å²) in [6.45, 7) is 0. The van der Waals surface area contributed by atoms with Crippen LogP contribution in [0.3, 0.4) is 0 Å². The van der Waals surface area contributed by atoms with Gasteiger partial charge in [-0.3, -0.25) is 4.79 Å². The fraction of sp³-hybridized carbons (Fsp3) is 0.667. The molecule has 0 unspecified atom stereocenters. The van der Waals surface area contributed by atoms with E-state index in [1.165, 1.54) is 0 Å². The van der Waals surface area contributed by atoms with E-state index in [9.17, 15) is 4.79 Å². The molecule has 3 N–H and O–H groups in total. The van der Waals surface area contributed by atoms with Gasteiger partial charge in [-0.2, -0.15) is 0 Å². The monoisotopic (exact) mass is 202 g/mol. The summed E-state index contributed by atoms with van der Waals surface area (Å²) >= 11 is 4.95. The van der Waals surface area contributed by atoms with Crippen molar-refractivity contribution in [2.24, 2.45) is 0 Å². The molecule has 0 fully saturated rings. The summed E-state index contributed by atoms with van der Waals surface area (Å²) in [7, 11) is 0. The van der Waals surface area contributed by atoms with Crippen molar-refractivity contribution < 1.29 is 19.7 Å². The Morgan fingerprint density at radius 1 is 1.60 bits per heavy atom. The molecule has 60 valence electrons. The summed E-state index contributed by atoms with van der Waals surface area (Å²) in [6.07, 6.45) is -0.0931. The normalized spacial score (nSPS) is 11.4. The van der Waals surface area contributed by atoms with Crippen molar-refractivity contribution in [2.75, 3.05) is 5.75 Å². The summed E-state index contributed by atoms with van der Waals surface area (Å²) in [5, 5.41) is 8.11. The second kappa shape index (κ2) is 4.31. The van der Waals surface area contributed by atoms with Crippen molar-refractivity contribution in [3.63, 3.8) is 0 Å². The molecule has 0 saturated heterocycles. The Balaban J connectivity index is 3.39. The standard InChI is InChI=1S/C3H7O4PS2/c4-3(5)1-2-10-8(6,7)9/h1-2H2,(H,4,5)(H2,6,7,9). The van der Waals surface area contributed by atoms with Crippen LogP contribution in [0.4, 0.5) is 0 Å². The maximum Gasteiger partial charge on any atom is 0.304 e. The summed E-state index contributed by atoms with van der Waals surface area (Å²) in [5.41, 5.74) is -3.24. The van der Waals surface area contributed by atoms with Crippen LogP contribution in [0.25, 0.3) is 0 Å². The highest BCUT2D eigenvalue weighted by molar-refractivity contribution is 8.67. The molecule has 0 rings (SSSR count). The van der Waals surface area contributed by atoms with Gasteiger partial charge in [-0.1, -0.05) is 11.4 Å². The summed E-state index contributed by atoms with van der Waals surface area (Å²) in [5.74, 6) is -0.810. The Hall–Kier alpha value is 0.390. The van der Waals surface area contributed by atoms with Crippen LogP contribution in [-0.2, 0) is 16.6 Å². The lowest BCUT2D eigenvalue weighted by molar-refractivity contribution is -0.136. The molecule has 10 heavy (non-hydrogen) atoms. The highest BCUT2D eigenvalue weighted by atomic mass is 32.9. The van der Waals surface area contributed by atoms with Gasteiger partial charge in [0.05, 0.1) is 6.42 Å². The van der Waals surface area contributed by atoms with Crippen molar-refractivity contribution in [1.29, 1.82) is 0 Å². The van der Waals surface area contributed by atoms with Crippen LogP contribution in [0.1, 0.15) is 6.42 Å². The van der Waals surface area contributed by atoms with Gasteiger partial charge in [0.15, 0.2) is 0 Å². The first kappa shape index (κ1) is 10.4. The van der Waals surface area contributed by atoms with E-state index in [1.807, 2.05) is 0 Å². The van der Waals surface area contributed by atoms with Crippen LogP contribution in [0.5, 0.6) is 0 Å². The summed E-state index contributed by atoms with van der Waals surface area (Å²) < 4.78 is 0. The molecule has 0 aliphatic carbocycles. The lowest BCUT2D eigenvalue weighted by Crippen LogP contribution is -1.95. The van der Waals surface area contributed by atoms with Crippen molar-refractivity contribution >= 4 is 34.9 Å². The Bertz CT molecular complexity index is 164. The third kappa shape index (κ3) is 8.39. The molecule has 0 aliphatic rings. The second-order valence-corrected chi connectivity index (χ2v) is 7.64. The largest absolute Gasteiger partial charge is 0.481 e. The van der Waals surface area contributed by atoms with Crippen LogP contribution >= 0.6 is 17.1 Å². The molecule has 7 heteroatoms. The molecular weight excluding hydrogens is 195 g/mol. The average molecular weight is 202 g/mol. The van der Waals surface area contributed by atoms with E-state index < -0.39 is 11.7 Å². The number of carbonyl (C=O) groups is 1. The second-order valence-electron chi connectivity index (χ2n) is 1.47. The van der Waals surface area contributed by atoms with E-state index in [1.54, 1.807) is 0 Å². The van der Waals surface area contributed by atoms with Crippen LogP contribution in [0.2, 0.25) is 0 Å². The summed E-state index contributed by atoms with van der Waals surface area (Å²) in [6, 6.07) is 0. The number of aliphatic carboxylic acids is 1. The minimum absolute atomic E-state index is 0.0931. The topological polar surface area (TPSA) is 77.8 Å². The highest BCUT2D eigenvalue weighted by Crippen LogP contribution is 2.50. The van der Waals surface area contributed by atoms with Gasteiger partial charge in [0, 0.05) is 5.75 Å². The zero-order valence-corrected chi connectivity index (χ0v) is 7.46. The van der Waals surface area contributed by atoms with Crippen LogP contribution in [0.15, 0.2) is 0 Å². The first-order valence-electron chi connectivity index (χ1n) is 2.34. The van der Waals surface area contributed by atoms with E-state index in [2.05, 4.69) is 11.8 Å². The number of carboxylic acid groups (broad SMARTS) is 1. The Labute approximate surface area is 67.2 Å². The predicted octanol–water partition coefficient (Wildman–Crippen LogP) is 0.403. The minimum Gasteiger partial charge on any atom is -0.481 e.